The smallest absolute Gasteiger partial charge is 0.262 e. The van der Waals surface area contributed by atoms with Crippen LogP contribution in [0.1, 0.15) is 17.5 Å². The number of nitriles is 1. The lowest BCUT2D eigenvalue weighted by Gasteiger charge is -2.09. The van der Waals surface area contributed by atoms with E-state index in [1.165, 1.54) is 6.08 Å². The number of para-hydroxylation sites is 1. The van der Waals surface area contributed by atoms with Crippen molar-refractivity contribution in [2.45, 2.75) is 19.4 Å². The molecule has 1 amide bonds. The molecule has 2 heterocycles. The van der Waals surface area contributed by atoms with Crippen LogP contribution >= 0.6 is 0 Å². The summed E-state index contributed by atoms with van der Waals surface area (Å²) in [4.78, 5) is 12.7. The molecule has 1 unspecified atom stereocenters. The van der Waals surface area contributed by atoms with Crippen LogP contribution in [0, 0.1) is 18.3 Å². The number of nitrogens with one attached hydrogen (secondary N) is 1. The first-order valence-corrected chi connectivity index (χ1v) is 12.0. The molecule has 1 aromatic heterocycles. The normalized spacial score (nSPS) is 17.6. The molecule has 0 aliphatic carbocycles. The molecule has 1 atom stereocenters. The molecule has 1 N–H and O–H groups in total. The molecule has 2 aromatic carbocycles. The average molecular weight is 447 g/mol. The van der Waals surface area contributed by atoms with Gasteiger partial charge in [0.1, 0.15) is 11.6 Å². The molecule has 1 aliphatic heterocycles. The summed E-state index contributed by atoms with van der Waals surface area (Å²) in [6, 6.07) is 18.9. The quantitative estimate of drug-likeness (QED) is 0.479. The van der Waals surface area contributed by atoms with Crippen LogP contribution in [0.4, 0.5) is 0 Å². The molecular formula is C24H22N4O3S. The van der Waals surface area contributed by atoms with Crippen LogP contribution in [0.15, 0.2) is 66.4 Å². The largest absolute Gasteiger partial charge is 0.348 e. The Morgan fingerprint density at radius 3 is 2.53 bits per heavy atom. The first-order chi connectivity index (χ1) is 15.3. The standard InChI is InChI=1S/C24H22N4O3S/c1-17-7-9-18(10-8-17)23-20(15-28(27-23)22-5-3-2-4-6-22)13-19(14-25)24(29)26-21-11-12-32(30,31)16-21/h2-10,13,15,21H,11-12,16H2,1H3,(H,26,29)/b19-13+. The molecule has 1 aliphatic rings. The van der Waals surface area contributed by atoms with E-state index in [4.69, 9.17) is 5.10 Å². The Hall–Kier alpha value is -3.70. The van der Waals surface area contributed by atoms with Gasteiger partial charge in [0.2, 0.25) is 0 Å². The number of amides is 1. The molecule has 32 heavy (non-hydrogen) atoms. The van der Waals surface area contributed by atoms with E-state index in [1.54, 1.807) is 10.9 Å². The average Bonchev–Trinajstić information content (AvgIpc) is 3.35. The minimum atomic E-state index is -3.14. The molecule has 0 saturated carbocycles. The maximum absolute atomic E-state index is 12.7. The van der Waals surface area contributed by atoms with Crippen molar-refractivity contribution < 1.29 is 13.2 Å². The second-order valence-electron chi connectivity index (χ2n) is 7.82. The minimum absolute atomic E-state index is 0.0466. The first-order valence-electron chi connectivity index (χ1n) is 10.2. The van der Waals surface area contributed by atoms with Gasteiger partial charge in [-0.25, -0.2) is 13.1 Å². The Morgan fingerprint density at radius 2 is 1.91 bits per heavy atom. The zero-order chi connectivity index (χ0) is 22.7. The topological polar surface area (TPSA) is 105 Å². The summed E-state index contributed by atoms with van der Waals surface area (Å²) in [7, 11) is -3.14. The highest BCUT2D eigenvalue weighted by molar-refractivity contribution is 7.91. The molecule has 0 spiro atoms. The Balaban J connectivity index is 1.71. The summed E-state index contributed by atoms with van der Waals surface area (Å²) in [5.41, 5.74) is 3.96. The number of hydrogen-bond acceptors (Lipinski definition) is 5. The molecule has 7 nitrogen and oxygen atoms in total. The lowest BCUT2D eigenvalue weighted by atomic mass is 10.0. The highest BCUT2D eigenvalue weighted by Gasteiger charge is 2.29. The number of aromatic nitrogens is 2. The van der Waals surface area contributed by atoms with Gasteiger partial charge in [-0.05, 0) is 31.6 Å². The van der Waals surface area contributed by atoms with Crippen LogP contribution < -0.4 is 5.32 Å². The van der Waals surface area contributed by atoms with Crippen LogP contribution in [0.5, 0.6) is 0 Å². The summed E-state index contributed by atoms with van der Waals surface area (Å²) in [5, 5.41) is 17.0. The summed E-state index contributed by atoms with van der Waals surface area (Å²) < 4.78 is 25.1. The van der Waals surface area contributed by atoms with Crippen molar-refractivity contribution in [3.8, 4) is 23.0 Å². The van der Waals surface area contributed by atoms with E-state index in [2.05, 4.69) is 5.32 Å². The van der Waals surface area contributed by atoms with E-state index >= 15 is 0 Å². The van der Waals surface area contributed by atoms with E-state index in [9.17, 15) is 18.5 Å². The molecule has 1 fully saturated rings. The van der Waals surface area contributed by atoms with Crippen molar-refractivity contribution in [3.63, 3.8) is 0 Å². The predicted octanol–water partition coefficient (Wildman–Crippen LogP) is 3.06. The van der Waals surface area contributed by atoms with Gasteiger partial charge in [0.05, 0.1) is 22.9 Å². The van der Waals surface area contributed by atoms with Crippen molar-refractivity contribution in [2.75, 3.05) is 11.5 Å². The molecule has 3 aromatic rings. The number of rotatable bonds is 5. The zero-order valence-electron chi connectivity index (χ0n) is 17.5. The van der Waals surface area contributed by atoms with Gasteiger partial charge in [0.15, 0.2) is 9.84 Å². The number of sulfone groups is 1. The lowest BCUT2D eigenvalue weighted by Crippen LogP contribution is -2.36. The van der Waals surface area contributed by atoms with E-state index in [0.29, 0.717) is 17.7 Å². The fourth-order valence-electron chi connectivity index (χ4n) is 3.62. The van der Waals surface area contributed by atoms with Gasteiger partial charge in [-0.1, -0.05) is 48.0 Å². The van der Waals surface area contributed by atoms with Crippen LogP contribution in [-0.4, -0.2) is 41.7 Å². The summed E-state index contributed by atoms with van der Waals surface area (Å²) in [6.07, 6.45) is 3.63. The van der Waals surface area contributed by atoms with Crippen LogP contribution in [-0.2, 0) is 14.6 Å². The third-order valence-corrected chi connectivity index (χ3v) is 7.09. The summed E-state index contributed by atoms with van der Waals surface area (Å²) >= 11 is 0. The van der Waals surface area contributed by atoms with E-state index in [1.807, 2.05) is 67.6 Å². The van der Waals surface area contributed by atoms with Gasteiger partial charge in [-0.3, -0.25) is 4.79 Å². The number of nitrogens with zero attached hydrogens (tertiary/aromatic N) is 3. The summed E-state index contributed by atoms with van der Waals surface area (Å²) in [5.74, 6) is -0.639. The van der Waals surface area contributed by atoms with Crippen molar-refractivity contribution >= 4 is 21.8 Å². The first kappa shape index (κ1) is 21.5. The third-order valence-electron chi connectivity index (χ3n) is 5.32. The molecule has 1 saturated heterocycles. The number of carbonyl (C=O) groups is 1. The van der Waals surface area contributed by atoms with Gasteiger partial charge in [0, 0.05) is 23.4 Å². The zero-order valence-corrected chi connectivity index (χ0v) is 18.3. The second kappa shape index (κ2) is 8.81. The van der Waals surface area contributed by atoms with Crippen molar-refractivity contribution in [1.29, 1.82) is 5.26 Å². The van der Waals surface area contributed by atoms with E-state index in [0.717, 1.165) is 16.8 Å². The van der Waals surface area contributed by atoms with Gasteiger partial charge < -0.3 is 5.32 Å². The molecule has 4 rings (SSSR count). The summed E-state index contributed by atoms with van der Waals surface area (Å²) in [6.45, 7) is 1.99. The Morgan fingerprint density at radius 1 is 1.19 bits per heavy atom. The van der Waals surface area contributed by atoms with Crippen molar-refractivity contribution in [2.24, 2.45) is 0 Å². The third kappa shape index (κ3) is 4.79. The predicted molar refractivity (Wildman–Crippen MR) is 123 cm³/mol. The number of hydrogen-bond donors (Lipinski definition) is 1. The monoisotopic (exact) mass is 446 g/mol. The Bertz CT molecular complexity index is 1320. The highest BCUT2D eigenvalue weighted by atomic mass is 32.2. The van der Waals surface area contributed by atoms with Gasteiger partial charge in [0.25, 0.3) is 5.91 Å². The van der Waals surface area contributed by atoms with E-state index in [-0.39, 0.29) is 17.1 Å². The van der Waals surface area contributed by atoms with Crippen LogP contribution in [0.25, 0.3) is 23.0 Å². The maximum atomic E-state index is 12.7. The molecular weight excluding hydrogens is 424 g/mol. The number of carbonyl (C=O) groups excluding carboxylic acids is 1. The highest BCUT2D eigenvalue weighted by Crippen LogP contribution is 2.26. The Kier molecular flexibility index (Phi) is 5.93. The van der Waals surface area contributed by atoms with Gasteiger partial charge in [-0.2, -0.15) is 10.4 Å². The molecule has 0 radical (unpaired) electrons. The van der Waals surface area contributed by atoms with Crippen LogP contribution in [0.3, 0.4) is 0 Å². The van der Waals surface area contributed by atoms with E-state index < -0.39 is 21.8 Å². The molecule has 8 heteroatoms. The SMILES string of the molecule is Cc1ccc(-c2nn(-c3ccccc3)cc2/C=C(\C#N)C(=O)NC2CCS(=O)(=O)C2)cc1. The number of aryl methyl sites for hydroxylation is 1. The molecule has 0 bridgehead atoms. The van der Waals surface area contributed by atoms with Crippen molar-refractivity contribution in [1.82, 2.24) is 15.1 Å². The number of benzene rings is 2. The Labute approximate surface area is 186 Å². The fourth-order valence-corrected chi connectivity index (χ4v) is 5.29. The second-order valence-corrected chi connectivity index (χ2v) is 10.1. The minimum Gasteiger partial charge on any atom is -0.348 e. The van der Waals surface area contributed by atoms with Gasteiger partial charge >= 0.3 is 0 Å². The van der Waals surface area contributed by atoms with Crippen molar-refractivity contribution in [3.05, 3.63) is 77.5 Å². The molecule has 162 valence electrons. The van der Waals surface area contributed by atoms with Crippen LogP contribution in [0.2, 0.25) is 0 Å². The lowest BCUT2D eigenvalue weighted by molar-refractivity contribution is -0.117. The fraction of sp³-hybridized carbons (Fsp3) is 0.208. The maximum Gasteiger partial charge on any atom is 0.262 e. The van der Waals surface area contributed by atoms with Gasteiger partial charge in [-0.15, -0.1) is 0 Å².